The quantitative estimate of drug-likeness (QED) is 0.772. The van der Waals surface area contributed by atoms with Crippen LogP contribution in [0.3, 0.4) is 0 Å². The third kappa shape index (κ3) is 2.56. The van der Waals surface area contributed by atoms with E-state index in [1.54, 1.807) is 11.3 Å². The zero-order valence-corrected chi connectivity index (χ0v) is 9.48. The highest BCUT2D eigenvalue weighted by atomic mass is 32.1. The van der Waals surface area contributed by atoms with Gasteiger partial charge in [0.05, 0.1) is 7.11 Å². The van der Waals surface area contributed by atoms with Gasteiger partial charge in [0.2, 0.25) is 0 Å². The molecular formula is C10H15NO2S. The molecule has 0 unspecified atom stereocenters. The standard InChI is InChI=1S/C10H15NO2S/c1-6-4-7(2)14-9(6)5-8(11)10(12)13-3/h4,8H,5,11H2,1-3H3/t8-/m0/s1. The predicted molar refractivity (Wildman–Crippen MR) is 57.5 cm³/mol. The number of hydrogen-bond acceptors (Lipinski definition) is 4. The molecular weight excluding hydrogens is 198 g/mol. The van der Waals surface area contributed by atoms with Crippen LogP contribution in [0.1, 0.15) is 15.3 Å². The smallest absolute Gasteiger partial charge is 0.323 e. The van der Waals surface area contributed by atoms with Crippen molar-refractivity contribution in [2.45, 2.75) is 26.3 Å². The van der Waals surface area contributed by atoms with Gasteiger partial charge < -0.3 is 10.5 Å². The summed E-state index contributed by atoms with van der Waals surface area (Å²) in [5.74, 6) is -0.351. The summed E-state index contributed by atoms with van der Waals surface area (Å²) in [5, 5.41) is 0. The second kappa shape index (κ2) is 4.57. The minimum absolute atomic E-state index is 0.351. The van der Waals surface area contributed by atoms with Crippen LogP contribution in [0, 0.1) is 13.8 Å². The van der Waals surface area contributed by atoms with Crippen molar-refractivity contribution in [2.24, 2.45) is 5.73 Å². The lowest BCUT2D eigenvalue weighted by molar-refractivity contribution is -0.142. The molecule has 1 aromatic heterocycles. The van der Waals surface area contributed by atoms with Gasteiger partial charge in [-0.3, -0.25) is 4.79 Å². The summed E-state index contributed by atoms with van der Waals surface area (Å²) < 4.78 is 4.57. The van der Waals surface area contributed by atoms with E-state index < -0.39 is 6.04 Å². The molecule has 14 heavy (non-hydrogen) atoms. The van der Waals surface area contributed by atoms with E-state index in [1.165, 1.54) is 22.4 Å². The summed E-state index contributed by atoms with van der Waals surface area (Å²) in [4.78, 5) is 13.5. The molecule has 0 radical (unpaired) electrons. The first-order chi connectivity index (χ1) is 6.54. The first-order valence-corrected chi connectivity index (χ1v) is 5.25. The van der Waals surface area contributed by atoms with Crippen molar-refractivity contribution in [3.63, 3.8) is 0 Å². The summed E-state index contributed by atoms with van der Waals surface area (Å²) in [7, 11) is 1.36. The molecule has 0 aliphatic carbocycles. The van der Waals surface area contributed by atoms with Crippen LogP contribution < -0.4 is 5.73 Å². The number of esters is 1. The van der Waals surface area contributed by atoms with E-state index in [4.69, 9.17) is 5.73 Å². The van der Waals surface area contributed by atoms with Crippen molar-refractivity contribution >= 4 is 17.3 Å². The molecule has 0 aliphatic heterocycles. The van der Waals surface area contributed by atoms with Crippen LogP contribution in [0.5, 0.6) is 0 Å². The molecule has 0 aliphatic rings. The molecule has 1 atom stereocenters. The summed E-state index contributed by atoms with van der Waals surface area (Å²) in [6.45, 7) is 4.08. The van der Waals surface area contributed by atoms with E-state index in [2.05, 4.69) is 10.8 Å². The van der Waals surface area contributed by atoms with Gasteiger partial charge in [-0.15, -0.1) is 11.3 Å². The Balaban J connectivity index is 2.69. The maximum atomic E-state index is 11.1. The highest BCUT2D eigenvalue weighted by Crippen LogP contribution is 2.22. The lowest BCUT2D eigenvalue weighted by Crippen LogP contribution is -2.33. The minimum Gasteiger partial charge on any atom is -0.468 e. The van der Waals surface area contributed by atoms with Gasteiger partial charge in [-0.25, -0.2) is 0 Å². The van der Waals surface area contributed by atoms with Crippen molar-refractivity contribution in [3.8, 4) is 0 Å². The number of carbonyl (C=O) groups is 1. The van der Waals surface area contributed by atoms with Crippen molar-refractivity contribution in [2.75, 3.05) is 7.11 Å². The SMILES string of the molecule is COC(=O)[C@@H](N)Cc1sc(C)cc1C. The Morgan fingerprint density at radius 2 is 2.29 bits per heavy atom. The maximum Gasteiger partial charge on any atom is 0.323 e. The number of nitrogens with two attached hydrogens (primary N) is 1. The summed E-state index contributed by atoms with van der Waals surface area (Å²) in [5.41, 5.74) is 6.87. The molecule has 78 valence electrons. The van der Waals surface area contributed by atoms with E-state index in [0.29, 0.717) is 6.42 Å². The second-order valence-electron chi connectivity index (χ2n) is 3.30. The molecule has 3 nitrogen and oxygen atoms in total. The van der Waals surface area contributed by atoms with Crippen LogP contribution in [0.15, 0.2) is 6.07 Å². The normalized spacial score (nSPS) is 12.6. The van der Waals surface area contributed by atoms with Gasteiger partial charge in [-0.2, -0.15) is 0 Å². The molecule has 0 saturated carbocycles. The Bertz CT molecular complexity index is 333. The highest BCUT2D eigenvalue weighted by molar-refractivity contribution is 7.12. The van der Waals surface area contributed by atoms with Crippen LogP contribution >= 0.6 is 11.3 Å². The molecule has 1 rings (SSSR count). The maximum absolute atomic E-state index is 11.1. The Morgan fingerprint density at radius 3 is 2.71 bits per heavy atom. The van der Waals surface area contributed by atoms with Crippen LogP contribution in [0.2, 0.25) is 0 Å². The van der Waals surface area contributed by atoms with E-state index in [0.717, 1.165) is 0 Å². The number of aryl methyl sites for hydroxylation is 2. The number of rotatable bonds is 3. The molecule has 0 spiro atoms. The van der Waals surface area contributed by atoms with Crippen molar-refractivity contribution in [3.05, 3.63) is 21.4 Å². The van der Waals surface area contributed by atoms with Gasteiger partial charge in [0.25, 0.3) is 0 Å². The average molecular weight is 213 g/mol. The predicted octanol–water partition coefficient (Wildman–Crippen LogP) is 1.41. The molecule has 0 fully saturated rings. The van der Waals surface area contributed by atoms with Crippen LogP contribution in [0.25, 0.3) is 0 Å². The number of hydrogen-bond donors (Lipinski definition) is 1. The number of carbonyl (C=O) groups excluding carboxylic acids is 1. The number of methoxy groups -OCH3 is 1. The van der Waals surface area contributed by atoms with Crippen molar-refractivity contribution in [1.82, 2.24) is 0 Å². The number of thiophene rings is 1. The van der Waals surface area contributed by atoms with Gasteiger partial charge in [-0.1, -0.05) is 0 Å². The lowest BCUT2D eigenvalue weighted by atomic mass is 10.1. The number of ether oxygens (including phenoxy) is 1. The summed E-state index contributed by atoms with van der Waals surface area (Å²) in [6, 6.07) is 1.56. The van der Waals surface area contributed by atoms with Gasteiger partial charge in [-0.05, 0) is 25.5 Å². The average Bonchev–Trinajstić information content (AvgIpc) is 2.44. The Morgan fingerprint density at radius 1 is 1.64 bits per heavy atom. The van der Waals surface area contributed by atoms with E-state index in [9.17, 15) is 4.79 Å². The third-order valence-electron chi connectivity index (χ3n) is 2.05. The van der Waals surface area contributed by atoms with Crippen LogP contribution in [0.4, 0.5) is 0 Å². The van der Waals surface area contributed by atoms with Gasteiger partial charge in [0.15, 0.2) is 0 Å². The summed E-state index contributed by atoms with van der Waals surface area (Å²) in [6.07, 6.45) is 0.566. The lowest BCUT2D eigenvalue weighted by Gasteiger charge is -2.07. The molecule has 0 bridgehead atoms. The fourth-order valence-electron chi connectivity index (χ4n) is 1.33. The van der Waals surface area contributed by atoms with Gasteiger partial charge >= 0.3 is 5.97 Å². The van der Waals surface area contributed by atoms with Crippen LogP contribution in [-0.2, 0) is 16.0 Å². The fourth-order valence-corrected chi connectivity index (χ4v) is 2.43. The molecule has 0 amide bonds. The fraction of sp³-hybridized carbons (Fsp3) is 0.500. The molecule has 1 heterocycles. The third-order valence-corrected chi connectivity index (χ3v) is 3.23. The minimum atomic E-state index is -0.545. The Kier molecular flexibility index (Phi) is 3.66. The summed E-state index contributed by atoms with van der Waals surface area (Å²) >= 11 is 1.68. The van der Waals surface area contributed by atoms with Crippen LogP contribution in [-0.4, -0.2) is 19.1 Å². The van der Waals surface area contributed by atoms with Crippen molar-refractivity contribution < 1.29 is 9.53 Å². The zero-order chi connectivity index (χ0) is 10.7. The highest BCUT2D eigenvalue weighted by Gasteiger charge is 2.16. The Labute approximate surface area is 87.9 Å². The van der Waals surface area contributed by atoms with E-state index >= 15 is 0 Å². The van der Waals surface area contributed by atoms with Crippen molar-refractivity contribution in [1.29, 1.82) is 0 Å². The molecule has 0 saturated heterocycles. The molecule has 1 aromatic rings. The molecule has 2 N–H and O–H groups in total. The molecule has 4 heteroatoms. The topological polar surface area (TPSA) is 52.3 Å². The van der Waals surface area contributed by atoms with E-state index in [-0.39, 0.29) is 5.97 Å². The monoisotopic (exact) mass is 213 g/mol. The second-order valence-corrected chi connectivity index (χ2v) is 4.64. The largest absolute Gasteiger partial charge is 0.468 e. The molecule has 0 aromatic carbocycles. The Hall–Kier alpha value is -0.870. The first kappa shape index (κ1) is 11.2. The zero-order valence-electron chi connectivity index (χ0n) is 8.66. The van der Waals surface area contributed by atoms with Gasteiger partial charge in [0.1, 0.15) is 6.04 Å². The van der Waals surface area contributed by atoms with E-state index in [1.807, 2.05) is 13.8 Å². The van der Waals surface area contributed by atoms with Gasteiger partial charge in [0, 0.05) is 16.2 Å². The first-order valence-electron chi connectivity index (χ1n) is 4.44.